The maximum absolute atomic E-state index is 13.0. The Hall–Kier alpha value is -2.38. The Morgan fingerprint density at radius 3 is 2.57 bits per heavy atom. The van der Waals surface area contributed by atoms with E-state index in [0.717, 1.165) is 17.7 Å². The number of thiophene rings is 1. The van der Waals surface area contributed by atoms with Crippen LogP contribution in [-0.2, 0) is 17.8 Å². The van der Waals surface area contributed by atoms with Crippen LogP contribution in [0.15, 0.2) is 65.4 Å². The number of nitrogens with zero attached hydrogens (tertiary/aromatic N) is 3. The number of ether oxygens (including phenoxy) is 1. The molecule has 0 unspecified atom stereocenters. The highest BCUT2D eigenvalue weighted by Crippen LogP contribution is 2.20. The number of carbonyl (C=O) groups is 1. The van der Waals surface area contributed by atoms with Crippen molar-refractivity contribution in [2.75, 3.05) is 12.9 Å². The van der Waals surface area contributed by atoms with Crippen LogP contribution in [0.25, 0.3) is 0 Å². The Kier molecular flexibility index (Phi) is 7.45. The molecule has 1 atom stereocenters. The van der Waals surface area contributed by atoms with Gasteiger partial charge in [0, 0.05) is 36.3 Å². The predicted molar refractivity (Wildman–Crippen MR) is 114 cm³/mol. The van der Waals surface area contributed by atoms with Gasteiger partial charge in [-0.2, -0.15) is 0 Å². The predicted octanol–water partition coefficient (Wildman–Crippen LogP) is 4.30. The zero-order chi connectivity index (χ0) is 19.8. The number of benzene rings is 1. The molecule has 5 nitrogen and oxygen atoms in total. The Labute approximate surface area is 173 Å². The van der Waals surface area contributed by atoms with Crippen molar-refractivity contribution in [1.82, 2.24) is 14.9 Å². The third-order valence-corrected chi connectivity index (χ3v) is 6.07. The van der Waals surface area contributed by atoms with Crippen molar-refractivity contribution >= 4 is 29.0 Å². The van der Waals surface area contributed by atoms with E-state index in [9.17, 15) is 4.79 Å². The fraction of sp³-hybridized carbons (Fsp3) is 0.286. The van der Waals surface area contributed by atoms with Crippen LogP contribution in [-0.4, -0.2) is 39.7 Å². The molecule has 7 heteroatoms. The second-order valence-electron chi connectivity index (χ2n) is 6.32. The van der Waals surface area contributed by atoms with E-state index in [1.165, 1.54) is 16.6 Å². The molecule has 2 aromatic heterocycles. The minimum Gasteiger partial charge on any atom is -0.497 e. The molecule has 1 amide bonds. The van der Waals surface area contributed by atoms with Crippen molar-refractivity contribution in [2.45, 2.75) is 31.1 Å². The summed E-state index contributed by atoms with van der Waals surface area (Å²) in [6.07, 6.45) is 4.22. The lowest BCUT2D eigenvalue weighted by atomic mass is 10.1. The first-order valence-electron chi connectivity index (χ1n) is 9.00. The van der Waals surface area contributed by atoms with Gasteiger partial charge in [-0.1, -0.05) is 30.0 Å². The fourth-order valence-corrected chi connectivity index (χ4v) is 4.33. The molecule has 146 valence electrons. The second-order valence-corrected chi connectivity index (χ2v) is 8.30. The molecule has 1 aromatic carbocycles. The van der Waals surface area contributed by atoms with Gasteiger partial charge in [-0.25, -0.2) is 9.97 Å². The first kappa shape index (κ1) is 20.4. The summed E-state index contributed by atoms with van der Waals surface area (Å²) in [5.74, 6) is 1.21. The molecule has 2 heterocycles. The Bertz CT molecular complexity index is 855. The number of hydrogen-bond acceptors (Lipinski definition) is 6. The van der Waals surface area contributed by atoms with E-state index in [4.69, 9.17) is 4.74 Å². The van der Waals surface area contributed by atoms with Gasteiger partial charge in [-0.3, -0.25) is 4.79 Å². The SMILES string of the molecule is COc1ccc(CN(C(=O)CSc2ncccn2)[C@@H](C)Cc2cccs2)cc1. The molecular weight excluding hydrogens is 390 g/mol. The minimum atomic E-state index is 0.0809. The fourth-order valence-electron chi connectivity index (χ4n) is 2.82. The average Bonchev–Trinajstić information content (AvgIpc) is 3.24. The molecule has 0 saturated carbocycles. The van der Waals surface area contributed by atoms with E-state index in [1.807, 2.05) is 35.2 Å². The molecule has 28 heavy (non-hydrogen) atoms. The smallest absolute Gasteiger partial charge is 0.233 e. The highest BCUT2D eigenvalue weighted by molar-refractivity contribution is 7.99. The molecular formula is C21H23N3O2S2. The highest BCUT2D eigenvalue weighted by atomic mass is 32.2. The van der Waals surface area contributed by atoms with Crippen molar-refractivity contribution in [1.29, 1.82) is 0 Å². The van der Waals surface area contributed by atoms with Crippen LogP contribution >= 0.6 is 23.1 Å². The quantitative estimate of drug-likeness (QED) is 0.387. The molecule has 3 aromatic rings. The highest BCUT2D eigenvalue weighted by Gasteiger charge is 2.21. The largest absolute Gasteiger partial charge is 0.497 e. The molecule has 0 aliphatic rings. The Morgan fingerprint density at radius 2 is 1.93 bits per heavy atom. The third-order valence-electron chi connectivity index (χ3n) is 4.31. The lowest BCUT2D eigenvalue weighted by Gasteiger charge is -2.29. The van der Waals surface area contributed by atoms with Gasteiger partial charge >= 0.3 is 0 Å². The van der Waals surface area contributed by atoms with Crippen molar-refractivity contribution < 1.29 is 9.53 Å². The number of thioether (sulfide) groups is 1. The number of methoxy groups -OCH3 is 1. The van der Waals surface area contributed by atoms with Crippen LogP contribution in [0.4, 0.5) is 0 Å². The maximum Gasteiger partial charge on any atom is 0.233 e. The summed E-state index contributed by atoms with van der Waals surface area (Å²) in [6, 6.07) is 13.9. The van der Waals surface area contributed by atoms with Gasteiger partial charge in [0.25, 0.3) is 0 Å². The lowest BCUT2D eigenvalue weighted by Crippen LogP contribution is -2.40. The standard InChI is InChI=1S/C21H23N3O2S2/c1-16(13-19-5-3-12-27-19)24(14-17-6-8-18(26-2)9-7-17)20(25)15-28-21-22-10-4-11-23-21/h3-12,16H,13-15H2,1-2H3/t16-/m0/s1. The van der Waals surface area contributed by atoms with E-state index in [-0.39, 0.29) is 11.9 Å². The Balaban J connectivity index is 1.71. The first-order valence-corrected chi connectivity index (χ1v) is 10.9. The van der Waals surface area contributed by atoms with Crippen molar-refractivity contribution in [3.05, 3.63) is 70.7 Å². The van der Waals surface area contributed by atoms with Crippen LogP contribution in [0.5, 0.6) is 5.75 Å². The second kappa shape index (κ2) is 10.2. The summed E-state index contributed by atoms with van der Waals surface area (Å²) >= 11 is 3.09. The summed E-state index contributed by atoms with van der Waals surface area (Å²) in [5.41, 5.74) is 1.08. The number of carbonyl (C=O) groups excluding carboxylic acids is 1. The van der Waals surface area contributed by atoms with Gasteiger partial charge in [0.05, 0.1) is 12.9 Å². The Morgan fingerprint density at radius 1 is 1.18 bits per heavy atom. The van der Waals surface area contributed by atoms with Crippen molar-refractivity contribution in [3.8, 4) is 5.75 Å². The van der Waals surface area contributed by atoms with E-state index in [1.54, 1.807) is 36.9 Å². The van der Waals surface area contributed by atoms with Crippen molar-refractivity contribution in [2.24, 2.45) is 0 Å². The lowest BCUT2D eigenvalue weighted by molar-refractivity contribution is -0.131. The van der Waals surface area contributed by atoms with Gasteiger partial charge in [0.2, 0.25) is 5.91 Å². The zero-order valence-corrected chi connectivity index (χ0v) is 17.6. The summed E-state index contributed by atoms with van der Waals surface area (Å²) in [7, 11) is 1.65. The first-order chi connectivity index (χ1) is 13.7. The summed E-state index contributed by atoms with van der Waals surface area (Å²) in [4.78, 5) is 24.6. The molecule has 0 spiro atoms. The normalized spacial score (nSPS) is 11.8. The van der Waals surface area contributed by atoms with Crippen LogP contribution in [0.2, 0.25) is 0 Å². The van der Waals surface area contributed by atoms with E-state index in [2.05, 4.69) is 28.3 Å². The summed E-state index contributed by atoms with van der Waals surface area (Å²) in [6.45, 7) is 2.66. The third kappa shape index (κ3) is 5.81. The van der Waals surface area contributed by atoms with Gasteiger partial charge < -0.3 is 9.64 Å². The molecule has 0 aliphatic heterocycles. The molecule has 0 bridgehead atoms. The zero-order valence-electron chi connectivity index (χ0n) is 15.9. The number of aromatic nitrogens is 2. The molecule has 0 radical (unpaired) electrons. The molecule has 0 N–H and O–H groups in total. The van der Waals surface area contributed by atoms with Gasteiger partial charge in [-0.15, -0.1) is 11.3 Å². The van der Waals surface area contributed by atoms with E-state index in [0.29, 0.717) is 17.5 Å². The maximum atomic E-state index is 13.0. The van der Waals surface area contributed by atoms with Crippen LogP contribution in [0.3, 0.4) is 0 Å². The average molecular weight is 414 g/mol. The summed E-state index contributed by atoms with van der Waals surface area (Å²) < 4.78 is 5.23. The molecule has 3 rings (SSSR count). The van der Waals surface area contributed by atoms with Gasteiger partial charge in [-0.05, 0) is 42.1 Å². The van der Waals surface area contributed by atoms with E-state index < -0.39 is 0 Å². The molecule has 0 fully saturated rings. The number of rotatable bonds is 9. The van der Waals surface area contributed by atoms with Gasteiger partial charge in [0.15, 0.2) is 5.16 Å². The van der Waals surface area contributed by atoms with Crippen LogP contribution in [0.1, 0.15) is 17.4 Å². The monoisotopic (exact) mass is 413 g/mol. The van der Waals surface area contributed by atoms with Crippen LogP contribution < -0.4 is 4.74 Å². The number of amides is 1. The summed E-state index contributed by atoms with van der Waals surface area (Å²) in [5, 5.41) is 2.69. The topological polar surface area (TPSA) is 55.3 Å². The minimum absolute atomic E-state index is 0.0809. The van der Waals surface area contributed by atoms with Crippen molar-refractivity contribution in [3.63, 3.8) is 0 Å². The van der Waals surface area contributed by atoms with Gasteiger partial charge in [0.1, 0.15) is 5.75 Å². The molecule has 0 saturated heterocycles. The van der Waals surface area contributed by atoms with Crippen LogP contribution in [0, 0.1) is 0 Å². The molecule has 0 aliphatic carbocycles. The number of hydrogen-bond donors (Lipinski definition) is 0. The van der Waals surface area contributed by atoms with E-state index >= 15 is 0 Å².